The number of carbonyl (C=O) groups is 1. The Balaban J connectivity index is 2.18. The van der Waals surface area contributed by atoms with E-state index in [9.17, 15) is 4.79 Å². The molecule has 0 amide bonds. The largest absolute Gasteiger partial charge is 0.461 e. The molecule has 0 spiro atoms. The van der Waals surface area contributed by atoms with E-state index in [4.69, 9.17) is 32.5 Å². The van der Waals surface area contributed by atoms with Crippen LogP contribution in [0.25, 0.3) is 12.2 Å². The van der Waals surface area contributed by atoms with Crippen molar-refractivity contribution in [3.8, 4) is 0 Å². The first kappa shape index (κ1) is 14.6. The molecule has 4 nitrogen and oxygen atoms in total. The summed E-state index contributed by atoms with van der Waals surface area (Å²) in [5, 5.41) is 4.68. The van der Waals surface area contributed by atoms with Crippen LogP contribution in [0.3, 0.4) is 0 Å². The van der Waals surface area contributed by atoms with Gasteiger partial charge in [-0.1, -0.05) is 34.4 Å². The molecule has 1 aromatic heterocycles. The van der Waals surface area contributed by atoms with Crippen molar-refractivity contribution in [2.75, 3.05) is 6.61 Å². The Morgan fingerprint density at radius 1 is 1.35 bits per heavy atom. The summed E-state index contributed by atoms with van der Waals surface area (Å²) in [5.74, 6) is -0.115. The lowest BCUT2D eigenvalue weighted by atomic mass is 10.2. The van der Waals surface area contributed by atoms with Gasteiger partial charge in [0.25, 0.3) is 0 Å². The lowest BCUT2D eigenvalue weighted by molar-refractivity contribution is 0.0514. The van der Waals surface area contributed by atoms with Crippen molar-refractivity contribution in [3.05, 3.63) is 51.3 Å². The zero-order valence-corrected chi connectivity index (χ0v) is 12.1. The SMILES string of the molecule is CCOC(=O)c1cc(/C=C/c2c(Cl)cccc2Cl)on1. The van der Waals surface area contributed by atoms with Gasteiger partial charge < -0.3 is 9.26 Å². The molecule has 2 rings (SSSR count). The van der Waals surface area contributed by atoms with Gasteiger partial charge in [0.1, 0.15) is 0 Å². The maximum absolute atomic E-state index is 11.4. The lowest BCUT2D eigenvalue weighted by Crippen LogP contribution is -2.04. The normalized spacial score (nSPS) is 10.9. The standard InChI is InChI=1S/C14H11Cl2NO3/c1-2-19-14(18)13-8-9(20-17-13)6-7-10-11(15)4-3-5-12(10)16/h3-8H,2H2,1H3/b7-6+. The van der Waals surface area contributed by atoms with Crippen LogP contribution in [-0.2, 0) is 4.74 Å². The maximum atomic E-state index is 11.4. The third-order valence-corrected chi connectivity index (χ3v) is 3.09. The molecule has 0 saturated carbocycles. The van der Waals surface area contributed by atoms with Crippen molar-refractivity contribution in [2.24, 2.45) is 0 Å². The Hall–Kier alpha value is -1.78. The van der Waals surface area contributed by atoms with Crippen LogP contribution in [0.4, 0.5) is 0 Å². The van der Waals surface area contributed by atoms with Crippen molar-refractivity contribution in [1.82, 2.24) is 5.16 Å². The minimum Gasteiger partial charge on any atom is -0.461 e. The van der Waals surface area contributed by atoms with Crippen LogP contribution in [0.15, 0.2) is 28.8 Å². The third-order valence-electron chi connectivity index (χ3n) is 2.43. The van der Waals surface area contributed by atoms with Gasteiger partial charge in [0.15, 0.2) is 11.5 Å². The average Bonchev–Trinajstić information content (AvgIpc) is 2.87. The van der Waals surface area contributed by atoms with Gasteiger partial charge in [-0.25, -0.2) is 4.79 Å². The van der Waals surface area contributed by atoms with Gasteiger partial charge in [0.05, 0.1) is 6.61 Å². The van der Waals surface area contributed by atoms with E-state index in [1.807, 2.05) is 0 Å². The summed E-state index contributed by atoms with van der Waals surface area (Å²) in [4.78, 5) is 11.4. The quantitative estimate of drug-likeness (QED) is 0.789. The predicted molar refractivity (Wildman–Crippen MR) is 77.8 cm³/mol. The number of ether oxygens (including phenoxy) is 1. The minimum atomic E-state index is -0.522. The molecule has 0 N–H and O–H groups in total. The fourth-order valence-corrected chi connectivity index (χ4v) is 2.03. The van der Waals surface area contributed by atoms with Crippen molar-refractivity contribution in [2.45, 2.75) is 6.92 Å². The van der Waals surface area contributed by atoms with Crippen molar-refractivity contribution < 1.29 is 14.1 Å². The highest BCUT2D eigenvalue weighted by Crippen LogP contribution is 2.26. The van der Waals surface area contributed by atoms with Gasteiger partial charge in [-0.3, -0.25) is 0 Å². The number of nitrogens with zero attached hydrogens (tertiary/aromatic N) is 1. The summed E-state index contributed by atoms with van der Waals surface area (Å²) in [7, 11) is 0. The van der Waals surface area contributed by atoms with E-state index in [-0.39, 0.29) is 12.3 Å². The summed E-state index contributed by atoms with van der Waals surface area (Å²) >= 11 is 12.1. The monoisotopic (exact) mass is 311 g/mol. The molecule has 1 aromatic carbocycles. The Morgan fingerprint density at radius 3 is 2.70 bits per heavy atom. The zero-order chi connectivity index (χ0) is 14.5. The van der Waals surface area contributed by atoms with E-state index >= 15 is 0 Å². The summed E-state index contributed by atoms with van der Waals surface area (Å²) in [6.07, 6.45) is 3.32. The highest BCUT2D eigenvalue weighted by Gasteiger charge is 2.12. The molecule has 104 valence electrons. The molecule has 1 heterocycles. The van der Waals surface area contributed by atoms with Crippen molar-refractivity contribution in [3.63, 3.8) is 0 Å². The molecule has 0 fully saturated rings. The Kier molecular flexibility index (Phi) is 4.82. The van der Waals surface area contributed by atoms with E-state index in [2.05, 4.69) is 5.16 Å². The molecule has 0 saturated heterocycles. The van der Waals surface area contributed by atoms with Crippen molar-refractivity contribution in [1.29, 1.82) is 0 Å². The van der Waals surface area contributed by atoms with E-state index in [0.717, 1.165) is 0 Å². The summed E-state index contributed by atoms with van der Waals surface area (Å²) in [6.45, 7) is 2.00. The van der Waals surface area contributed by atoms with Gasteiger partial charge in [-0.15, -0.1) is 0 Å². The van der Waals surface area contributed by atoms with Gasteiger partial charge in [-0.2, -0.15) is 0 Å². The second-order valence-electron chi connectivity index (χ2n) is 3.80. The summed E-state index contributed by atoms with van der Waals surface area (Å²) in [5.41, 5.74) is 0.793. The maximum Gasteiger partial charge on any atom is 0.360 e. The average molecular weight is 312 g/mol. The fourth-order valence-electron chi connectivity index (χ4n) is 1.50. The van der Waals surface area contributed by atoms with Crippen LogP contribution in [0.1, 0.15) is 28.7 Å². The molecular weight excluding hydrogens is 301 g/mol. The minimum absolute atomic E-state index is 0.122. The number of aromatic nitrogens is 1. The smallest absolute Gasteiger partial charge is 0.360 e. The number of esters is 1. The van der Waals surface area contributed by atoms with Gasteiger partial charge >= 0.3 is 5.97 Å². The molecule has 0 aliphatic heterocycles. The molecule has 0 atom stereocenters. The topological polar surface area (TPSA) is 52.3 Å². The molecule has 0 unspecified atom stereocenters. The number of hydrogen-bond acceptors (Lipinski definition) is 4. The van der Waals surface area contributed by atoms with Crippen LogP contribution < -0.4 is 0 Å². The zero-order valence-electron chi connectivity index (χ0n) is 10.6. The predicted octanol–water partition coefficient (Wildman–Crippen LogP) is 4.33. The van der Waals surface area contributed by atoms with Crippen LogP contribution in [0, 0.1) is 0 Å². The molecular formula is C14H11Cl2NO3. The fraction of sp³-hybridized carbons (Fsp3) is 0.143. The van der Waals surface area contributed by atoms with Gasteiger partial charge in [0.2, 0.25) is 0 Å². The molecule has 2 aromatic rings. The highest BCUT2D eigenvalue weighted by atomic mass is 35.5. The van der Waals surface area contributed by atoms with E-state index in [1.54, 1.807) is 37.3 Å². The van der Waals surface area contributed by atoms with E-state index < -0.39 is 5.97 Å². The number of rotatable bonds is 4. The number of carbonyl (C=O) groups excluding carboxylic acids is 1. The Morgan fingerprint density at radius 2 is 2.05 bits per heavy atom. The van der Waals surface area contributed by atoms with E-state index in [1.165, 1.54) is 6.07 Å². The molecule has 6 heteroatoms. The molecule has 0 aliphatic carbocycles. The summed E-state index contributed by atoms with van der Waals surface area (Å²) in [6, 6.07) is 6.71. The van der Waals surface area contributed by atoms with Crippen LogP contribution in [0.5, 0.6) is 0 Å². The lowest BCUT2D eigenvalue weighted by Gasteiger charge is -1.99. The molecule has 0 aliphatic rings. The molecule has 0 bridgehead atoms. The number of benzene rings is 1. The summed E-state index contributed by atoms with van der Waals surface area (Å²) < 4.78 is 9.82. The Labute approximate surface area is 125 Å². The van der Waals surface area contributed by atoms with Crippen LogP contribution in [-0.4, -0.2) is 17.7 Å². The Bertz CT molecular complexity index is 629. The van der Waals surface area contributed by atoms with Crippen molar-refractivity contribution >= 4 is 41.3 Å². The first-order valence-electron chi connectivity index (χ1n) is 5.87. The third kappa shape index (κ3) is 3.40. The highest BCUT2D eigenvalue weighted by molar-refractivity contribution is 6.37. The van der Waals surface area contributed by atoms with Gasteiger partial charge in [-0.05, 0) is 31.2 Å². The van der Waals surface area contributed by atoms with Crippen LogP contribution >= 0.6 is 23.2 Å². The van der Waals surface area contributed by atoms with Crippen LogP contribution in [0.2, 0.25) is 10.0 Å². The second-order valence-corrected chi connectivity index (χ2v) is 4.62. The first-order chi connectivity index (χ1) is 9.61. The van der Waals surface area contributed by atoms with Gasteiger partial charge in [0, 0.05) is 21.7 Å². The molecule has 0 radical (unpaired) electrons. The first-order valence-corrected chi connectivity index (χ1v) is 6.63. The number of halogens is 2. The molecule has 20 heavy (non-hydrogen) atoms. The number of hydrogen-bond donors (Lipinski definition) is 0. The van der Waals surface area contributed by atoms with E-state index in [0.29, 0.717) is 21.4 Å². The second kappa shape index (κ2) is 6.59.